The van der Waals surface area contributed by atoms with E-state index in [0.29, 0.717) is 0 Å². The van der Waals surface area contributed by atoms with Crippen LogP contribution < -0.4 is 0 Å². The molecule has 1 heterocycles. The average molecular weight is 264 g/mol. The monoisotopic (exact) mass is 263 g/mol. The molecule has 0 N–H and O–H groups in total. The highest BCUT2D eigenvalue weighted by Crippen LogP contribution is 2.23. The van der Waals surface area contributed by atoms with Crippen LogP contribution in [0.5, 0.6) is 0 Å². The van der Waals surface area contributed by atoms with Crippen LogP contribution in [0, 0.1) is 0 Å². The highest BCUT2D eigenvalue weighted by Gasteiger charge is 2.28. The van der Waals surface area contributed by atoms with E-state index < -0.39 is 5.60 Å². The van der Waals surface area contributed by atoms with E-state index in [1.807, 2.05) is 20.8 Å². The first kappa shape index (κ1) is 11.8. The molecule has 0 spiro atoms. The Balaban J connectivity index is 2.50. The van der Waals surface area contributed by atoms with Gasteiger partial charge in [0.2, 0.25) is 0 Å². The van der Waals surface area contributed by atoms with Crippen LogP contribution in [-0.2, 0) is 4.74 Å². The predicted octanol–water partition coefficient (Wildman–Crippen LogP) is 3.13. The maximum atomic E-state index is 11.7. The molecule has 1 rings (SSSR count). The number of alkyl halides is 1. The SMILES string of the molecule is CC(C)(C)OC(=O)N1CCCCC1Br. The highest BCUT2D eigenvalue weighted by atomic mass is 79.9. The Labute approximate surface area is 93.9 Å². The van der Waals surface area contributed by atoms with Crippen LogP contribution in [0.15, 0.2) is 0 Å². The molecule has 0 aromatic carbocycles. The zero-order chi connectivity index (χ0) is 10.8. The van der Waals surface area contributed by atoms with E-state index in [1.54, 1.807) is 4.90 Å². The van der Waals surface area contributed by atoms with Crippen LogP contribution >= 0.6 is 15.9 Å². The van der Waals surface area contributed by atoms with E-state index in [1.165, 1.54) is 6.42 Å². The van der Waals surface area contributed by atoms with Gasteiger partial charge in [0.15, 0.2) is 0 Å². The summed E-state index contributed by atoms with van der Waals surface area (Å²) in [6.07, 6.45) is 3.05. The van der Waals surface area contributed by atoms with E-state index in [-0.39, 0.29) is 11.0 Å². The van der Waals surface area contributed by atoms with Crippen LogP contribution in [0.2, 0.25) is 0 Å². The zero-order valence-corrected chi connectivity index (χ0v) is 10.6. The minimum Gasteiger partial charge on any atom is -0.444 e. The van der Waals surface area contributed by atoms with Crippen LogP contribution in [0.25, 0.3) is 0 Å². The van der Waals surface area contributed by atoms with Crippen molar-refractivity contribution in [2.75, 3.05) is 6.54 Å². The topological polar surface area (TPSA) is 29.5 Å². The second kappa shape index (κ2) is 4.51. The first-order chi connectivity index (χ1) is 6.40. The molecule has 0 aliphatic carbocycles. The summed E-state index contributed by atoms with van der Waals surface area (Å²) in [6.45, 7) is 6.46. The first-order valence-corrected chi connectivity index (χ1v) is 5.95. The van der Waals surface area contributed by atoms with Gasteiger partial charge in [-0.2, -0.15) is 0 Å². The molecular weight excluding hydrogens is 246 g/mol. The molecule has 0 bridgehead atoms. The van der Waals surface area contributed by atoms with Crippen molar-refractivity contribution < 1.29 is 9.53 Å². The first-order valence-electron chi connectivity index (χ1n) is 5.04. The number of halogens is 1. The van der Waals surface area contributed by atoms with Gasteiger partial charge in [-0.15, -0.1) is 0 Å². The number of ether oxygens (including phenoxy) is 1. The van der Waals surface area contributed by atoms with E-state index in [0.717, 1.165) is 19.4 Å². The molecule has 82 valence electrons. The van der Waals surface area contributed by atoms with Crippen molar-refractivity contribution in [3.05, 3.63) is 0 Å². The van der Waals surface area contributed by atoms with Gasteiger partial charge in [-0.3, -0.25) is 4.90 Å². The van der Waals surface area contributed by atoms with Crippen LogP contribution in [0.3, 0.4) is 0 Å². The standard InChI is InChI=1S/C10H18BrNO2/c1-10(2,3)14-9(13)12-7-5-4-6-8(12)11/h8H,4-7H2,1-3H3. The molecule has 0 saturated carbocycles. The molecule has 1 aliphatic rings. The number of hydrogen-bond donors (Lipinski definition) is 0. The fourth-order valence-corrected chi connectivity index (χ4v) is 2.11. The molecule has 1 unspecified atom stereocenters. The molecule has 1 amide bonds. The summed E-state index contributed by atoms with van der Waals surface area (Å²) in [5.74, 6) is 0. The van der Waals surface area contributed by atoms with Gasteiger partial charge in [0.25, 0.3) is 0 Å². The number of carbonyl (C=O) groups is 1. The van der Waals surface area contributed by atoms with Crippen molar-refractivity contribution in [1.29, 1.82) is 0 Å². The molecule has 4 heteroatoms. The van der Waals surface area contributed by atoms with Crippen molar-refractivity contribution in [2.45, 2.75) is 50.6 Å². The van der Waals surface area contributed by atoms with Crippen LogP contribution in [-0.4, -0.2) is 28.1 Å². The Morgan fingerprint density at radius 1 is 1.43 bits per heavy atom. The summed E-state index contributed by atoms with van der Waals surface area (Å²) >= 11 is 3.49. The molecule has 1 saturated heterocycles. The predicted molar refractivity (Wildman–Crippen MR) is 59.5 cm³/mol. The lowest BCUT2D eigenvalue weighted by molar-refractivity contribution is 0.0192. The van der Waals surface area contributed by atoms with Gasteiger partial charge < -0.3 is 4.74 Å². The van der Waals surface area contributed by atoms with Crippen LogP contribution in [0.1, 0.15) is 40.0 Å². The number of hydrogen-bond acceptors (Lipinski definition) is 2. The van der Waals surface area contributed by atoms with Crippen LogP contribution in [0.4, 0.5) is 4.79 Å². The van der Waals surface area contributed by atoms with Gasteiger partial charge in [-0.05, 0) is 40.0 Å². The Hall–Kier alpha value is -0.250. The minimum absolute atomic E-state index is 0.145. The number of rotatable bonds is 0. The Morgan fingerprint density at radius 2 is 2.07 bits per heavy atom. The van der Waals surface area contributed by atoms with Gasteiger partial charge in [0, 0.05) is 6.54 Å². The second-order valence-electron chi connectivity index (χ2n) is 4.60. The van der Waals surface area contributed by atoms with Crippen molar-refractivity contribution >= 4 is 22.0 Å². The quantitative estimate of drug-likeness (QED) is 0.497. The fraction of sp³-hybridized carbons (Fsp3) is 0.900. The molecule has 1 fully saturated rings. The van der Waals surface area contributed by atoms with E-state index in [9.17, 15) is 4.79 Å². The molecular formula is C10H18BrNO2. The maximum absolute atomic E-state index is 11.7. The fourth-order valence-electron chi connectivity index (χ4n) is 1.42. The Morgan fingerprint density at radius 3 is 2.57 bits per heavy atom. The van der Waals surface area contributed by atoms with Gasteiger partial charge in [-0.25, -0.2) is 4.79 Å². The lowest BCUT2D eigenvalue weighted by atomic mass is 10.1. The summed E-state index contributed by atoms with van der Waals surface area (Å²) < 4.78 is 5.30. The maximum Gasteiger partial charge on any atom is 0.411 e. The summed E-state index contributed by atoms with van der Waals surface area (Å²) in [4.78, 5) is 13.6. The smallest absolute Gasteiger partial charge is 0.411 e. The molecule has 1 atom stereocenters. The molecule has 14 heavy (non-hydrogen) atoms. The number of carbonyl (C=O) groups excluding carboxylic acids is 1. The second-order valence-corrected chi connectivity index (χ2v) is 5.66. The van der Waals surface area contributed by atoms with Gasteiger partial charge in [0.1, 0.15) is 5.60 Å². The molecule has 3 nitrogen and oxygen atoms in total. The summed E-state index contributed by atoms with van der Waals surface area (Å²) in [6, 6.07) is 0. The van der Waals surface area contributed by atoms with Crippen molar-refractivity contribution in [3.8, 4) is 0 Å². The lowest BCUT2D eigenvalue weighted by Gasteiger charge is -2.33. The average Bonchev–Trinajstić information content (AvgIpc) is 2.01. The third kappa shape index (κ3) is 3.48. The molecule has 1 aliphatic heterocycles. The number of nitrogens with zero attached hydrogens (tertiary/aromatic N) is 1. The van der Waals surface area contributed by atoms with E-state index in [4.69, 9.17) is 4.74 Å². The summed E-state index contributed by atoms with van der Waals surface area (Å²) in [5, 5.41) is 0. The van der Waals surface area contributed by atoms with E-state index >= 15 is 0 Å². The lowest BCUT2D eigenvalue weighted by Crippen LogP contribution is -2.43. The van der Waals surface area contributed by atoms with Gasteiger partial charge >= 0.3 is 6.09 Å². The summed E-state index contributed by atoms with van der Waals surface area (Å²) in [7, 11) is 0. The number of piperidine rings is 1. The van der Waals surface area contributed by atoms with Crippen molar-refractivity contribution in [3.63, 3.8) is 0 Å². The highest BCUT2D eigenvalue weighted by molar-refractivity contribution is 9.09. The third-order valence-corrected chi connectivity index (χ3v) is 3.01. The van der Waals surface area contributed by atoms with Gasteiger partial charge in [0.05, 0.1) is 4.95 Å². The van der Waals surface area contributed by atoms with E-state index in [2.05, 4.69) is 15.9 Å². The molecule has 0 aromatic rings. The molecule has 0 radical (unpaired) electrons. The number of likely N-dealkylation sites (tertiary alicyclic amines) is 1. The Kier molecular flexibility index (Phi) is 3.81. The minimum atomic E-state index is -0.402. The largest absolute Gasteiger partial charge is 0.444 e. The van der Waals surface area contributed by atoms with Crippen molar-refractivity contribution in [1.82, 2.24) is 4.90 Å². The normalized spacial score (nSPS) is 23.4. The number of amides is 1. The van der Waals surface area contributed by atoms with Crippen molar-refractivity contribution in [2.24, 2.45) is 0 Å². The van der Waals surface area contributed by atoms with Gasteiger partial charge in [-0.1, -0.05) is 15.9 Å². The Bertz CT molecular complexity index is 213. The zero-order valence-electron chi connectivity index (χ0n) is 9.05. The summed E-state index contributed by atoms with van der Waals surface area (Å²) in [5.41, 5.74) is -0.402. The molecule has 0 aromatic heterocycles. The third-order valence-electron chi connectivity index (χ3n) is 2.06.